The fourth-order valence-corrected chi connectivity index (χ4v) is 5.93. The van der Waals surface area contributed by atoms with E-state index in [4.69, 9.17) is 0 Å². The van der Waals surface area contributed by atoms with Gasteiger partial charge >= 0.3 is 6.18 Å². The van der Waals surface area contributed by atoms with Gasteiger partial charge < -0.3 is 15.2 Å². The Bertz CT molecular complexity index is 1230. The molecule has 0 saturated heterocycles. The molecule has 5 nitrogen and oxygen atoms in total. The first kappa shape index (κ1) is 27.8. The van der Waals surface area contributed by atoms with Crippen LogP contribution in [0.3, 0.4) is 0 Å². The van der Waals surface area contributed by atoms with E-state index in [9.17, 15) is 22.8 Å². The first-order valence-corrected chi connectivity index (χ1v) is 14.5. The van der Waals surface area contributed by atoms with Gasteiger partial charge in [-0.05, 0) is 86.1 Å². The molecule has 39 heavy (non-hydrogen) atoms. The van der Waals surface area contributed by atoms with Gasteiger partial charge in [0.25, 0.3) is 11.8 Å². The van der Waals surface area contributed by atoms with Crippen molar-refractivity contribution >= 4 is 11.8 Å². The quantitative estimate of drug-likeness (QED) is 0.383. The molecule has 2 aromatic rings. The predicted octanol–water partition coefficient (Wildman–Crippen LogP) is 6.83. The Balaban J connectivity index is 1.55. The van der Waals surface area contributed by atoms with E-state index in [2.05, 4.69) is 23.6 Å². The Morgan fingerprint density at radius 2 is 1.69 bits per heavy atom. The van der Waals surface area contributed by atoms with E-state index in [1.165, 1.54) is 19.3 Å². The summed E-state index contributed by atoms with van der Waals surface area (Å²) in [5.74, 6) is -0.311. The van der Waals surface area contributed by atoms with Crippen molar-refractivity contribution in [1.82, 2.24) is 15.2 Å². The van der Waals surface area contributed by atoms with Crippen LogP contribution in [0.2, 0.25) is 0 Å². The van der Waals surface area contributed by atoms with Crippen molar-refractivity contribution in [3.63, 3.8) is 0 Å². The highest BCUT2D eigenvalue weighted by Gasteiger charge is 2.41. The van der Waals surface area contributed by atoms with Crippen LogP contribution in [0.25, 0.3) is 11.1 Å². The molecule has 1 atom stereocenters. The minimum atomic E-state index is -4.52. The molecule has 0 spiro atoms. The number of aromatic nitrogens is 1. The van der Waals surface area contributed by atoms with Crippen LogP contribution in [0, 0.1) is 5.92 Å². The number of hydrogen-bond donors (Lipinski definition) is 2. The number of halogens is 3. The van der Waals surface area contributed by atoms with Crippen LogP contribution in [-0.2, 0) is 18.9 Å². The summed E-state index contributed by atoms with van der Waals surface area (Å²) < 4.78 is 41.6. The van der Waals surface area contributed by atoms with Crippen LogP contribution >= 0.6 is 0 Å². The molecule has 1 aromatic heterocycles. The lowest BCUT2D eigenvalue weighted by Gasteiger charge is -2.26. The molecule has 212 valence electrons. The lowest BCUT2D eigenvalue weighted by Crippen LogP contribution is -2.43. The van der Waals surface area contributed by atoms with Crippen LogP contribution in [0.5, 0.6) is 0 Å². The lowest BCUT2D eigenvalue weighted by molar-refractivity contribution is -0.149. The maximum absolute atomic E-state index is 13.3. The Morgan fingerprint density at radius 1 is 1.00 bits per heavy atom. The van der Waals surface area contributed by atoms with Gasteiger partial charge in [0.05, 0.1) is 0 Å². The number of nitrogens with one attached hydrogen (secondary N) is 2. The fourth-order valence-electron chi connectivity index (χ4n) is 5.93. The van der Waals surface area contributed by atoms with Crippen LogP contribution < -0.4 is 10.6 Å². The standard InChI is InChI=1S/C31H40F3N3O2/c1-19(31(32,33)34)35-28(38)22-15-21(16-23(17-22)30(2)12-13-30)25-18-27(29(39)36-24-10-7-11-24)37(3)26(25)14-20-8-5-4-6-9-20/h15-20,24H,4-14H2,1-3H3,(H,35,38)(H,36,39). The SMILES string of the molecule is CC(NC(=O)c1cc(-c2cc(C(=O)NC3CCC3)n(C)c2CC2CCCCC2)cc(C2(C)CC2)c1)C(F)(F)F. The van der Waals surface area contributed by atoms with Gasteiger partial charge in [0.15, 0.2) is 0 Å². The number of nitrogens with zero attached hydrogens (tertiary/aromatic N) is 1. The first-order valence-electron chi connectivity index (χ1n) is 14.5. The Morgan fingerprint density at radius 3 is 2.28 bits per heavy atom. The zero-order valence-electron chi connectivity index (χ0n) is 23.2. The van der Waals surface area contributed by atoms with Gasteiger partial charge in [0.1, 0.15) is 11.7 Å². The normalized spacial score (nSPS) is 20.3. The third kappa shape index (κ3) is 6.04. The molecule has 0 bridgehead atoms. The fraction of sp³-hybridized carbons (Fsp3) is 0.613. The molecule has 8 heteroatoms. The molecule has 2 amide bonds. The van der Waals surface area contributed by atoms with Crippen LogP contribution in [0.4, 0.5) is 13.2 Å². The molecule has 3 aliphatic carbocycles. The summed E-state index contributed by atoms with van der Waals surface area (Å²) in [5.41, 5.74) is 4.40. The number of hydrogen-bond acceptors (Lipinski definition) is 2. The monoisotopic (exact) mass is 543 g/mol. The van der Waals surface area contributed by atoms with Gasteiger partial charge in [0, 0.05) is 29.9 Å². The van der Waals surface area contributed by atoms with Gasteiger partial charge in [-0.2, -0.15) is 13.2 Å². The summed E-state index contributed by atoms with van der Waals surface area (Å²) in [4.78, 5) is 26.3. The number of amides is 2. The van der Waals surface area contributed by atoms with Crippen molar-refractivity contribution in [2.75, 3.05) is 0 Å². The van der Waals surface area contributed by atoms with E-state index in [-0.39, 0.29) is 22.9 Å². The Labute approximate surface area is 228 Å². The van der Waals surface area contributed by atoms with Crippen LogP contribution in [0.15, 0.2) is 24.3 Å². The number of alkyl halides is 3. The minimum Gasteiger partial charge on any atom is -0.348 e. The smallest absolute Gasteiger partial charge is 0.348 e. The van der Waals surface area contributed by atoms with E-state index in [0.29, 0.717) is 11.6 Å². The molecule has 3 saturated carbocycles. The summed E-state index contributed by atoms with van der Waals surface area (Å²) in [6, 6.07) is 5.69. The maximum Gasteiger partial charge on any atom is 0.408 e. The average Bonchev–Trinajstić information content (AvgIpc) is 3.55. The molecule has 1 aromatic carbocycles. The molecule has 0 aliphatic heterocycles. The van der Waals surface area contributed by atoms with E-state index >= 15 is 0 Å². The van der Waals surface area contributed by atoms with Gasteiger partial charge in [-0.25, -0.2) is 0 Å². The second kappa shape index (κ2) is 10.7. The van der Waals surface area contributed by atoms with Crippen LogP contribution in [-0.4, -0.2) is 34.6 Å². The predicted molar refractivity (Wildman–Crippen MR) is 146 cm³/mol. The van der Waals surface area contributed by atoms with E-state index in [0.717, 1.165) is 80.7 Å². The highest BCUT2D eigenvalue weighted by atomic mass is 19.4. The van der Waals surface area contributed by atoms with Crippen molar-refractivity contribution < 1.29 is 22.8 Å². The molecule has 1 unspecified atom stereocenters. The van der Waals surface area contributed by atoms with E-state index < -0.39 is 18.1 Å². The third-order valence-corrected chi connectivity index (χ3v) is 9.28. The topological polar surface area (TPSA) is 63.1 Å². The second-order valence-electron chi connectivity index (χ2n) is 12.4. The van der Waals surface area contributed by atoms with Crippen molar-refractivity contribution in [3.8, 4) is 11.1 Å². The molecule has 5 rings (SSSR count). The molecular weight excluding hydrogens is 503 g/mol. The first-order chi connectivity index (χ1) is 18.4. The van der Waals surface area contributed by atoms with Crippen molar-refractivity contribution in [2.24, 2.45) is 13.0 Å². The molecule has 1 heterocycles. The van der Waals surface area contributed by atoms with E-state index in [1.54, 1.807) is 12.1 Å². The molecular formula is C31H40F3N3O2. The Kier molecular flexibility index (Phi) is 7.59. The minimum absolute atomic E-state index is 0.0938. The number of rotatable bonds is 8. The second-order valence-corrected chi connectivity index (χ2v) is 12.4. The van der Waals surface area contributed by atoms with Crippen LogP contribution in [0.1, 0.15) is 110 Å². The summed E-state index contributed by atoms with van der Waals surface area (Å²) in [6.07, 6.45) is 7.31. The largest absolute Gasteiger partial charge is 0.408 e. The highest BCUT2D eigenvalue weighted by Crippen LogP contribution is 2.49. The molecule has 2 N–H and O–H groups in total. The number of benzene rings is 1. The highest BCUT2D eigenvalue weighted by molar-refractivity contribution is 5.98. The van der Waals surface area contributed by atoms with Gasteiger partial charge in [-0.15, -0.1) is 0 Å². The zero-order valence-corrected chi connectivity index (χ0v) is 23.2. The molecule has 3 aliphatic rings. The summed E-state index contributed by atoms with van der Waals surface area (Å²) >= 11 is 0. The van der Waals surface area contributed by atoms with Crippen molar-refractivity contribution in [3.05, 3.63) is 46.8 Å². The summed E-state index contributed by atoms with van der Waals surface area (Å²) in [5, 5.41) is 5.28. The summed E-state index contributed by atoms with van der Waals surface area (Å²) in [7, 11) is 1.93. The van der Waals surface area contributed by atoms with Gasteiger partial charge in [-0.3, -0.25) is 9.59 Å². The molecule has 0 radical (unpaired) electrons. The van der Waals surface area contributed by atoms with Gasteiger partial charge in [-0.1, -0.05) is 45.1 Å². The summed E-state index contributed by atoms with van der Waals surface area (Å²) in [6.45, 7) is 3.08. The molecule has 3 fully saturated rings. The maximum atomic E-state index is 13.3. The van der Waals surface area contributed by atoms with Gasteiger partial charge in [0.2, 0.25) is 0 Å². The average molecular weight is 544 g/mol. The lowest BCUT2D eigenvalue weighted by atomic mass is 9.84. The van der Waals surface area contributed by atoms with E-state index in [1.807, 2.05) is 17.7 Å². The zero-order chi connectivity index (χ0) is 27.9. The Hall–Kier alpha value is -2.77. The third-order valence-electron chi connectivity index (χ3n) is 9.28. The number of carbonyl (C=O) groups excluding carboxylic acids is 2. The van der Waals surface area contributed by atoms with Crippen molar-refractivity contribution in [1.29, 1.82) is 0 Å². The number of carbonyl (C=O) groups is 2. The van der Waals surface area contributed by atoms with Crippen molar-refractivity contribution in [2.45, 2.75) is 108 Å².